The van der Waals surface area contributed by atoms with Crippen LogP contribution in [0.25, 0.3) is 66.9 Å². The molecule has 22 heteroatoms. The molecule has 15 rings (SSSR count). The van der Waals surface area contributed by atoms with Gasteiger partial charge in [0.05, 0.1) is 58.4 Å². The van der Waals surface area contributed by atoms with E-state index in [0.29, 0.717) is 23.1 Å². The summed E-state index contributed by atoms with van der Waals surface area (Å²) < 4.78 is 21.5. The van der Waals surface area contributed by atoms with Gasteiger partial charge in [-0.15, -0.1) is 0 Å². The van der Waals surface area contributed by atoms with Gasteiger partial charge in [0.15, 0.2) is 16.9 Å². The molecule has 0 amide bonds. The monoisotopic (exact) mass is 1220 g/mol. The predicted molar refractivity (Wildman–Crippen MR) is 349 cm³/mol. The van der Waals surface area contributed by atoms with Crippen molar-refractivity contribution in [1.29, 1.82) is 0 Å². The smallest absolute Gasteiger partial charge is 0.186 e. The van der Waals surface area contributed by atoms with E-state index in [1.54, 1.807) is 0 Å². The number of para-hydroxylation sites is 3. The lowest BCUT2D eigenvalue weighted by Crippen LogP contribution is -2.22. The normalized spacial score (nSPS) is 18.8. The van der Waals surface area contributed by atoms with Crippen LogP contribution in [0.1, 0.15) is 89.1 Å². The Morgan fingerprint density at radius 2 is 0.659 bits per heavy atom. The molecule has 3 saturated carbocycles. The third-order valence-corrected chi connectivity index (χ3v) is 16.4. The van der Waals surface area contributed by atoms with Crippen LogP contribution in [0.15, 0.2) is 183 Å². The number of fused-ring (bicyclic) bond motifs is 3. The molecule has 3 aliphatic carbocycles. The van der Waals surface area contributed by atoms with Gasteiger partial charge in [-0.2, -0.15) is 15.3 Å². The molecule has 464 valence electrons. The second-order valence-corrected chi connectivity index (χ2v) is 22.8. The number of aliphatic hydroxyl groups is 4. The van der Waals surface area contributed by atoms with Crippen molar-refractivity contribution in [1.82, 2.24) is 59.7 Å². The van der Waals surface area contributed by atoms with Gasteiger partial charge in [0, 0.05) is 16.7 Å². The van der Waals surface area contributed by atoms with Crippen molar-refractivity contribution in [3.05, 3.63) is 183 Å². The summed E-state index contributed by atoms with van der Waals surface area (Å²) in [5, 5.41) is 56.7. The minimum absolute atomic E-state index is 0.140. The third-order valence-electron chi connectivity index (χ3n) is 16.4. The van der Waals surface area contributed by atoms with Crippen LogP contribution >= 0.6 is 0 Å². The van der Waals surface area contributed by atoms with Gasteiger partial charge in [-0.1, -0.05) is 54.6 Å². The Kier molecular flexibility index (Phi) is 19.0. The average Bonchev–Trinajstić information content (AvgIpc) is 1.66. The number of H-pyrrole nitrogens is 1. The zero-order valence-corrected chi connectivity index (χ0v) is 49.9. The topological polar surface area (TPSA) is 328 Å². The Labute approximate surface area is 524 Å². The molecule has 3 fully saturated rings. The van der Waals surface area contributed by atoms with Gasteiger partial charge >= 0.3 is 0 Å². The SMILES string of the molecule is Nc1ncnc2c1c(-c1ccc(Oc3ccccc3)cc1)nn2C1CCC(O)CC1.Nc1ncnc2c1c(-c1ccc(Oc3ccccc3)cc1)nn2C1CCC(O)CC1.Nc1ncnc2n[nH]c(-c3ccc(Oc4ccccc4)cc3)c12.OC1CCC(O)CC1. The van der Waals surface area contributed by atoms with Crippen LogP contribution in [0.4, 0.5) is 17.5 Å². The third kappa shape index (κ3) is 14.7. The highest BCUT2D eigenvalue weighted by Crippen LogP contribution is 2.39. The van der Waals surface area contributed by atoms with E-state index in [4.69, 9.17) is 51.8 Å². The van der Waals surface area contributed by atoms with Crippen molar-refractivity contribution >= 4 is 50.6 Å². The molecule has 0 atom stereocenters. The number of anilines is 3. The maximum absolute atomic E-state index is 9.86. The summed E-state index contributed by atoms with van der Waals surface area (Å²) >= 11 is 0. The fourth-order valence-corrected chi connectivity index (χ4v) is 11.6. The van der Waals surface area contributed by atoms with E-state index < -0.39 is 0 Å². The Hall–Kier alpha value is -10.4. The number of nitrogens with one attached hydrogen (secondary N) is 1. The number of nitrogens with two attached hydrogens (primary N) is 3. The fourth-order valence-electron chi connectivity index (χ4n) is 11.6. The van der Waals surface area contributed by atoms with Crippen molar-refractivity contribution < 1.29 is 34.6 Å². The number of hydrogen-bond donors (Lipinski definition) is 8. The van der Waals surface area contributed by atoms with Crippen molar-refractivity contribution in [2.45, 2.75) is 114 Å². The molecule has 0 bridgehead atoms. The summed E-state index contributed by atoms with van der Waals surface area (Å²) in [6.07, 6.45) is 13.3. The van der Waals surface area contributed by atoms with Crippen molar-refractivity contribution in [2.24, 2.45) is 0 Å². The maximum Gasteiger partial charge on any atom is 0.186 e. The van der Waals surface area contributed by atoms with Gasteiger partial charge in [0.25, 0.3) is 0 Å². The highest BCUT2D eigenvalue weighted by atomic mass is 16.5. The first kappa shape index (κ1) is 60.9. The highest BCUT2D eigenvalue weighted by Gasteiger charge is 2.28. The zero-order valence-electron chi connectivity index (χ0n) is 49.9. The Bertz CT molecular complexity index is 4090. The summed E-state index contributed by atoms with van der Waals surface area (Å²) in [6.45, 7) is 0. The first-order valence-corrected chi connectivity index (χ1v) is 30.6. The van der Waals surface area contributed by atoms with E-state index in [9.17, 15) is 10.2 Å². The zero-order chi connectivity index (χ0) is 62.6. The summed E-state index contributed by atoms with van der Waals surface area (Å²) in [4.78, 5) is 25.5. The van der Waals surface area contributed by atoms with Crippen molar-refractivity contribution in [3.63, 3.8) is 0 Å². The molecule has 22 nitrogen and oxygen atoms in total. The summed E-state index contributed by atoms with van der Waals surface area (Å²) in [6, 6.07) is 52.6. The molecule has 0 aliphatic heterocycles. The molecule has 91 heavy (non-hydrogen) atoms. The number of aromatic nitrogens is 12. The van der Waals surface area contributed by atoms with Crippen molar-refractivity contribution in [2.75, 3.05) is 17.2 Å². The number of hydrogen-bond acceptors (Lipinski definition) is 19. The largest absolute Gasteiger partial charge is 0.457 e. The van der Waals surface area contributed by atoms with Crippen LogP contribution in [-0.4, -0.2) is 105 Å². The number of aliphatic hydroxyl groups excluding tert-OH is 4. The predicted octanol–water partition coefficient (Wildman–Crippen LogP) is 12.4. The summed E-state index contributed by atoms with van der Waals surface area (Å²) in [5.41, 5.74) is 25.5. The van der Waals surface area contributed by atoms with Crippen LogP contribution in [0, 0.1) is 0 Å². The minimum atomic E-state index is -0.223. The van der Waals surface area contributed by atoms with Gasteiger partial charge in [0.1, 0.15) is 82.3 Å². The molecular formula is C69H71N15O7. The number of nitrogen functional groups attached to an aromatic ring is 3. The second-order valence-electron chi connectivity index (χ2n) is 22.8. The van der Waals surface area contributed by atoms with Gasteiger partial charge in [-0.3, -0.25) is 5.10 Å². The van der Waals surface area contributed by atoms with E-state index in [2.05, 4.69) is 40.1 Å². The maximum atomic E-state index is 9.86. The molecule has 0 spiro atoms. The van der Waals surface area contributed by atoms with Crippen molar-refractivity contribution in [3.8, 4) is 68.3 Å². The van der Waals surface area contributed by atoms with Crippen LogP contribution in [-0.2, 0) is 0 Å². The van der Waals surface area contributed by atoms with E-state index in [0.717, 1.165) is 173 Å². The number of ether oxygens (including phenoxy) is 3. The molecule has 0 unspecified atom stereocenters. The van der Waals surface area contributed by atoms with E-state index in [1.165, 1.54) is 19.0 Å². The summed E-state index contributed by atoms with van der Waals surface area (Å²) in [5.74, 6) is 5.87. The Morgan fingerprint density at radius 1 is 0.352 bits per heavy atom. The van der Waals surface area contributed by atoms with E-state index in [1.807, 2.05) is 173 Å². The van der Waals surface area contributed by atoms with Gasteiger partial charge in [-0.25, -0.2) is 39.3 Å². The Morgan fingerprint density at radius 3 is 1.02 bits per heavy atom. The summed E-state index contributed by atoms with van der Waals surface area (Å²) in [7, 11) is 0. The second kappa shape index (κ2) is 28.4. The average molecular weight is 1220 g/mol. The minimum Gasteiger partial charge on any atom is -0.457 e. The first-order chi connectivity index (χ1) is 44.5. The number of aromatic amines is 1. The lowest BCUT2D eigenvalue weighted by atomic mass is 9.93. The van der Waals surface area contributed by atoms with Crippen LogP contribution in [0.5, 0.6) is 34.5 Å². The molecule has 0 radical (unpaired) electrons. The van der Waals surface area contributed by atoms with Crippen LogP contribution in [0.3, 0.4) is 0 Å². The molecule has 3 aliphatic rings. The molecule has 0 saturated heterocycles. The van der Waals surface area contributed by atoms with Crippen LogP contribution < -0.4 is 31.4 Å². The van der Waals surface area contributed by atoms with Gasteiger partial charge in [0.2, 0.25) is 0 Å². The lowest BCUT2D eigenvalue weighted by Gasteiger charge is -2.25. The highest BCUT2D eigenvalue weighted by molar-refractivity contribution is 6.00. The lowest BCUT2D eigenvalue weighted by molar-refractivity contribution is 0.0541. The van der Waals surface area contributed by atoms with Gasteiger partial charge < -0.3 is 51.8 Å². The molecule has 6 aromatic heterocycles. The molecule has 6 aromatic carbocycles. The van der Waals surface area contributed by atoms with E-state index in [-0.39, 0.29) is 36.5 Å². The number of benzene rings is 6. The fraction of sp³-hybridized carbons (Fsp3) is 0.261. The van der Waals surface area contributed by atoms with Crippen LogP contribution in [0.2, 0.25) is 0 Å². The Balaban J connectivity index is 0.000000125. The van der Waals surface area contributed by atoms with Gasteiger partial charge in [-0.05, 0) is 186 Å². The van der Waals surface area contributed by atoms with E-state index >= 15 is 0 Å². The quantitative estimate of drug-likeness (QED) is 0.0596. The number of rotatable bonds is 11. The molecular weight excluding hydrogens is 1150 g/mol. The number of nitrogens with zero attached hydrogens (tertiary/aromatic N) is 11. The molecule has 12 aromatic rings. The standard InChI is InChI=1S/2C23H23N5O2.C17H13N5O.C6H12O2/c2*24-22-20-21(15-6-12-19(13-7-15)30-18-4-2-1-3-5-18)27-28(23(20)26-14-25-22)16-8-10-17(29)11-9-16;18-16-14-15(21-22-17(14)20-10-19-16)11-6-8-13(9-7-11)23-12-4-2-1-3-5-12;7-5-1-2-6(8)4-3-5/h2*1-7,12-14,16-17,29H,8-11H2,(H2,24,25,26);1-10H,(H3,18,19,20,21,22);5-8H,1-4H2. The first-order valence-electron chi connectivity index (χ1n) is 30.6. The molecule has 6 heterocycles. The molecule has 11 N–H and O–H groups in total.